The number of carbonyl (C=O) groups is 2. The molecular formula is C19H17N3O2S. The minimum atomic E-state index is -1.02. The molecule has 2 aromatic rings. The van der Waals surface area contributed by atoms with Crippen LogP contribution in [0.25, 0.3) is 0 Å². The first-order valence-electron chi connectivity index (χ1n) is 7.82. The Labute approximate surface area is 151 Å². The van der Waals surface area contributed by atoms with Crippen LogP contribution in [0.4, 0.5) is 11.4 Å². The summed E-state index contributed by atoms with van der Waals surface area (Å²) in [5.74, 6) is -1.89. The van der Waals surface area contributed by atoms with Gasteiger partial charge in [0.1, 0.15) is 0 Å². The number of rotatable bonds is 3. The van der Waals surface area contributed by atoms with E-state index < -0.39 is 17.7 Å². The number of hydrogen-bond donors (Lipinski definition) is 1. The number of thiocarbonyl (C=S) groups is 1. The molecule has 1 aliphatic rings. The van der Waals surface area contributed by atoms with Crippen molar-refractivity contribution in [1.82, 2.24) is 5.32 Å². The van der Waals surface area contributed by atoms with E-state index in [-0.39, 0.29) is 5.11 Å². The fourth-order valence-corrected chi connectivity index (χ4v) is 2.82. The molecule has 0 bridgehead atoms. The molecular weight excluding hydrogens is 334 g/mol. The lowest BCUT2D eigenvalue weighted by Crippen LogP contribution is -2.58. The molecule has 0 radical (unpaired) electrons. The Morgan fingerprint density at radius 3 is 2.44 bits per heavy atom. The van der Waals surface area contributed by atoms with E-state index in [1.165, 1.54) is 11.1 Å². The largest absolute Gasteiger partial charge is 0.301 e. The first-order chi connectivity index (χ1) is 12.0. The Bertz CT molecular complexity index is 874. The van der Waals surface area contributed by atoms with E-state index in [1.807, 2.05) is 50.2 Å². The maximum absolute atomic E-state index is 12.8. The second-order valence-corrected chi connectivity index (χ2v) is 6.23. The molecule has 0 aliphatic carbocycles. The van der Waals surface area contributed by atoms with E-state index in [2.05, 4.69) is 10.3 Å². The normalized spacial score (nSPS) is 17.9. The highest BCUT2D eigenvalue weighted by Crippen LogP contribution is 2.22. The summed E-state index contributed by atoms with van der Waals surface area (Å²) in [5, 5.41) is 2.66. The molecule has 5 nitrogen and oxygen atoms in total. The number of nitrogens with zero attached hydrogens (tertiary/aromatic N) is 2. The lowest BCUT2D eigenvalue weighted by atomic mass is 10.1. The molecule has 0 unspecified atom stereocenters. The lowest BCUT2D eigenvalue weighted by molar-refractivity contribution is -0.130. The Morgan fingerprint density at radius 1 is 1.08 bits per heavy atom. The summed E-state index contributed by atoms with van der Waals surface area (Å²) in [4.78, 5) is 30.7. The molecule has 0 aromatic heterocycles. The highest BCUT2D eigenvalue weighted by Gasteiger charge is 2.38. The Morgan fingerprint density at radius 2 is 1.76 bits per heavy atom. The second kappa shape index (κ2) is 6.94. The third-order valence-corrected chi connectivity index (χ3v) is 4.26. The van der Waals surface area contributed by atoms with Crippen molar-refractivity contribution in [3.63, 3.8) is 0 Å². The van der Waals surface area contributed by atoms with Crippen LogP contribution in [0.3, 0.4) is 0 Å². The Hall–Kier alpha value is -2.86. The maximum atomic E-state index is 12.8. The molecule has 1 saturated heterocycles. The topological polar surface area (TPSA) is 61.8 Å². The number of aryl methyl sites for hydroxylation is 2. The molecule has 3 rings (SSSR count). The van der Waals surface area contributed by atoms with Gasteiger partial charge in [0, 0.05) is 6.21 Å². The van der Waals surface area contributed by atoms with Crippen LogP contribution in [0.2, 0.25) is 0 Å². The molecule has 1 aliphatic heterocycles. The standard InChI is InChI=1S/C19H17N3O2S/c1-12-7-9-14(10-8-12)22-18(24)15(17(23)21-19(22)25)11-20-16-6-4-3-5-13(16)2/h3-11,15H,1-2H3,(H,21,23,25)/t15-/m1/s1. The predicted molar refractivity (Wildman–Crippen MR) is 102 cm³/mol. The zero-order valence-corrected chi connectivity index (χ0v) is 14.7. The Balaban J connectivity index is 1.90. The van der Waals surface area contributed by atoms with Crippen LogP contribution >= 0.6 is 12.2 Å². The van der Waals surface area contributed by atoms with Crippen molar-refractivity contribution in [2.45, 2.75) is 13.8 Å². The molecule has 126 valence electrons. The van der Waals surface area contributed by atoms with Crippen molar-refractivity contribution in [2.75, 3.05) is 4.90 Å². The average Bonchev–Trinajstić information content (AvgIpc) is 2.57. The van der Waals surface area contributed by atoms with Crippen LogP contribution in [0.1, 0.15) is 11.1 Å². The van der Waals surface area contributed by atoms with Crippen molar-refractivity contribution < 1.29 is 9.59 Å². The zero-order valence-electron chi connectivity index (χ0n) is 13.9. The van der Waals surface area contributed by atoms with Crippen LogP contribution in [0, 0.1) is 19.8 Å². The molecule has 1 N–H and O–H groups in total. The van der Waals surface area contributed by atoms with Crippen LogP contribution in [-0.4, -0.2) is 23.1 Å². The smallest absolute Gasteiger partial charge is 0.251 e. The summed E-state index contributed by atoms with van der Waals surface area (Å²) in [5.41, 5.74) is 3.38. The average molecular weight is 351 g/mol. The molecule has 0 saturated carbocycles. The van der Waals surface area contributed by atoms with Crippen molar-refractivity contribution in [3.05, 3.63) is 59.7 Å². The number of hydrogen-bond acceptors (Lipinski definition) is 4. The minimum absolute atomic E-state index is 0.0828. The van der Waals surface area contributed by atoms with Gasteiger partial charge in [0.2, 0.25) is 5.91 Å². The number of anilines is 1. The van der Waals surface area contributed by atoms with Gasteiger partial charge in [-0.15, -0.1) is 0 Å². The summed E-state index contributed by atoms with van der Waals surface area (Å²) in [6.07, 6.45) is 1.38. The highest BCUT2D eigenvalue weighted by atomic mass is 32.1. The third kappa shape index (κ3) is 3.49. The maximum Gasteiger partial charge on any atom is 0.251 e. The van der Waals surface area contributed by atoms with E-state index in [9.17, 15) is 9.59 Å². The van der Waals surface area contributed by atoms with Crippen LogP contribution in [-0.2, 0) is 9.59 Å². The molecule has 25 heavy (non-hydrogen) atoms. The first-order valence-corrected chi connectivity index (χ1v) is 8.23. The molecule has 0 spiro atoms. The van der Waals surface area contributed by atoms with Gasteiger partial charge in [0.25, 0.3) is 5.91 Å². The summed E-state index contributed by atoms with van der Waals surface area (Å²) < 4.78 is 0. The molecule has 6 heteroatoms. The number of amides is 2. The number of nitrogens with one attached hydrogen (secondary N) is 1. The van der Waals surface area contributed by atoms with E-state index in [0.717, 1.165) is 16.8 Å². The van der Waals surface area contributed by atoms with Crippen LogP contribution in [0.5, 0.6) is 0 Å². The van der Waals surface area contributed by atoms with E-state index in [0.29, 0.717) is 5.69 Å². The van der Waals surface area contributed by atoms with Gasteiger partial charge in [-0.2, -0.15) is 0 Å². The van der Waals surface area contributed by atoms with Gasteiger partial charge >= 0.3 is 0 Å². The summed E-state index contributed by atoms with van der Waals surface area (Å²) >= 11 is 5.18. The van der Waals surface area contributed by atoms with Crippen LogP contribution in [0.15, 0.2) is 53.5 Å². The van der Waals surface area contributed by atoms with Gasteiger partial charge in [-0.25, -0.2) is 0 Å². The fraction of sp³-hybridized carbons (Fsp3) is 0.158. The van der Waals surface area contributed by atoms with Crippen molar-refractivity contribution in [2.24, 2.45) is 10.9 Å². The van der Waals surface area contributed by atoms with E-state index >= 15 is 0 Å². The van der Waals surface area contributed by atoms with Crippen LogP contribution < -0.4 is 10.2 Å². The van der Waals surface area contributed by atoms with Crippen molar-refractivity contribution in [3.8, 4) is 0 Å². The van der Waals surface area contributed by atoms with Gasteiger partial charge in [-0.05, 0) is 49.8 Å². The van der Waals surface area contributed by atoms with E-state index in [4.69, 9.17) is 12.2 Å². The molecule has 2 aromatic carbocycles. The fourth-order valence-electron chi connectivity index (χ4n) is 2.52. The quantitative estimate of drug-likeness (QED) is 0.525. The number of aliphatic imine (C=N–C) groups is 1. The summed E-state index contributed by atoms with van der Waals surface area (Å²) in [6.45, 7) is 3.88. The molecule has 2 amide bonds. The highest BCUT2D eigenvalue weighted by molar-refractivity contribution is 7.80. The Kier molecular flexibility index (Phi) is 4.72. The predicted octanol–water partition coefficient (Wildman–Crippen LogP) is 3.07. The molecule has 1 fully saturated rings. The van der Waals surface area contributed by atoms with Gasteiger partial charge in [0.05, 0.1) is 11.4 Å². The summed E-state index contributed by atoms with van der Waals surface area (Å²) in [7, 11) is 0. The van der Waals surface area contributed by atoms with Crippen molar-refractivity contribution >= 4 is 46.7 Å². The van der Waals surface area contributed by atoms with E-state index in [1.54, 1.807) is 12.1 Å². The number of benzene rings is 2. The number of carbonyl (C=O) groups excluding carboxylic acids is 2. The number of para-hydroxylation sites is 1. The summed E-state index contributed by atoms with van der Waals surface area (Å²) in [6, 6.07) is 14.9. The molecule has 1 heterocycles. The SMILES string of the molecule is Cc1ccc(N2C(=O)[C@H](C=Nc3ccccc3C)C(=O)NC2=S)cc1. The second-order valence-electron chi connectivity index (χ2n) is 5.85. The molecule has 1 atom stereocenters. The van der Waals surface area contributed by atoms with Gasteiger partial charge in [0.15, 0.2) is 11.0 Å². The zero-order chi connectivity index (χ0) is 18.0. The minimum Gasteiger partial charge on any atom is -0.301 e. The monoisotopic (exact) mass is 351 g/mol. The third-order valence-electron chi connectivity index (χ3n) is 3.97. The van der Waals surface area contributed by atoms with Crippen molar-refractivity contribution in [1.29, 1.82) is 0 Å². The van der Waals surface area contributed by atoms with Gasteiger partial charge in [-0.1, -0.05) is 35.9 Å². The van der Waals surface area contributed by atoms with Gasteiger partial charge < -0.3 is 5.32 Å². The van der Waals surface area contributed by atoms with Gasteiger partial charge in [-0.3, -0.25) is 19.5 Å². The first kappa shape index (κ1) is 17.0. The lowest BCUT2D eigenvalue weighted by Gasteiger charge is -2.31.